The molecule has 1 aliphatic carbocycles. The van der Waals surface area contributed by atoms with Crippen LogP contribution in [0.4, 0.5) is 0 Å². The standard InChI is InChI=1S/C11H15NO2/c1-14-10-7-8(3-4-9(10)13)11(12)5-2-6-11/h3-4,7,13H,2,5-6,12H2,1H3. The summed E-state index contributed by atoms with van der Waals surface area (Å²) in [5.74, 6) is 0.665. The molecule has 0 spiro atoms. The predicted molar refractivity (Wildman–Crippen MR) is 54.4 cm³/mol. The van der Waals surface area contributed by atoms with E-state index < -0.39 is 0 Å². The smallest absolute Gasteiger partial charge is 0.160 e. The van der Waals surface area contributed by atoms with Crippen LogP contribution in [-0.4, -0.2) is 12.2 Å². The number of methoxy groups -OCH3 is 1. The third-order valence-electron chi connectivity index (χ3n) is 3.00. The summed E-state index contributed by atoms with van der Waals surface area (Å²) in [4.78, 5) is 0. The number of hydrogen-bond acceptors (Lipinski definition) is 3. The Hall–Kier alpha value is -1.22. The highest BCUT2D eigenvalue weighted by Crippen LogP contribution is 2.41. The molecule has 1 aromatic rings. The van der Waals surface area contributed by atoms with Crippen LogP contribution < -0.4 is 10.5 Å². The molecule has 0 aromatic heterocycles. The van der Waals surface area contributed by atoms with Crippen molar-refractivity contribution in [1.82, 2.24) is 0 Å². The van der Waals surface area contributed by atoms with E-state index in [9.17, 15) is 5.11 Å². The predicted octanol–water partition coefficient (Wildman–Crippen LogP) is 1.74. The lowest BCUT2D eigenvalue weighted by Gasteiger charge is -2.38. The Bertz CT molecular complexity index is 345. The monoisotopic (exact) mass is 193 g/mol. The highest BCUT2D eigenvalue weighted by molar-refractivity contribution is 5.44. The van der Waals surface area contributed by atoms with Gasteiger partial charge >= 0.3 is 0 Å². The number of hydrogen-bond donors (Lipinski definition) is 2. The van der Waals surface area contributed by atoms with Gasteiger partial charge < -0.3 is 15.6 Å². The first-order chi connectivity index (χ1) is 6.65. The molecule has 3 nitrogen and oxygen atoms in total. The molecule has 0 aliphatic heterocycles. The zero-order chi connectivity index (χ0) is 10.2. The average molecular weight is 193 g/mol. The Balaban J connectivity index is 2.35. The number of rotatable bonds is 2. The van der Waals surface area contributed by atoms with E-state index in [1.807, 2.05) is 12.1 Å². The molecule has 1 aliphatic rings. The van der Waals surface area contributed by atoms with Crippen LogP contribution in [0.3, 0.4) is 0 Å². The SMILES string of the molecule is COc1cc(C2(N)CCC2)ccc1O. The van der Waals surface area contributed by atoms with Crippen LogP contribution in [0.25, 0.3) is 0 Å². The van der Waals surface area contributed by atoms with Crippen LogP contribution in [0, 0.1) is 0 Å². The van der Waals surface area contributed by atoms with E-state index in [1.165, 1.54) is 6.42 Å². The number of aromatic hydroxyl groups is 1. The molecule has 0 heterocycles. The van der Waals surface area contributed by atoms with Crippen LogP contribution in [0.5, 0.6) is 11.5 Å². The van der Waals surface area contributed by atoms with Crippen LogP contribution in [-0.2, 0) is 5.54 Å². The lowest BCUT2D eigenvalue weighted by molar-refractivity contribution is 0.252. The molecule has 14 heavy (non-hydrogen) atoms. The first-order valence-electron chi connectivity index (χ1n) is 4.82. The Morgan fingerprint density at radius 3 is 2.64 bits per heavy atom. The van der Waals surface area contributed by atoms with Crippen molar-refractivity contribution >= 4 is 0 Å². The molecule has 1 saturated carbocycles. The van der Waals surface area contributed by atoms with E-state index in [2.05, 4.69) is 0 Å². The normalized spacial score (nSPS) is 18.7. The number of nitrogens with two attached hydrogens (primary N) is 1. The summed E-state index contributed by atoms with van der Waals surface area (Å²) in [6, 6.07) is 5.34. The fourth-order valence-electron chi connectivity index (χ4n) is 1.83. The van der Waals surface area contributed by atoms with Gasteiger partial charge in [-0.15, -0.1) is 0 Å². The van der Waals surface area contributed by atoms with Crippen molar-refractivity contribution in [3.63, 3.8) is 0 Å². The van der Waals surface area contributed by atoms with Crippen molar-refractivity contribution in [3.05, 3.63) is 23.8 Å². The van der Waals surface area contributed by atoms with Crippen molar-refractivity contribution in [1.29, 1.82) is 0 Å². The van der Waals surface area contributed by atoms with Gasteiger partial charge in [0.1, 0.15) is 0 Å². The maximum absolute atomic E-state index is 9.43. The van der Waals surface area contributed by atoms with Gasteiger partial charge in [-0.3, -0.25) is 0 Å². The Kier molecular flexibility index (Phi) is 2.11. The zero-order valence-electron chi connectivity index (χ0n) is 8.29. The first kappa shape index (κ1) is 9.34. The number of benzene rings is 1. The second kappa shape index (κ2) is 3.17. The van der Waals surface area contributed by atoms with Gasteiger partial charge in [0.05, 0.1) is 7.11 Å². The third-order valence-corrected chi connectivity index (χ3v) is 3.00. The molecule has 2 rings (SSSR count). The quantitative estimate of drug-likeness (QED) is 0.752. The van der Waals surface area contributed by atoms with E-state index in [4.69, 9.17) is 10.5 Å². The summed E-state index contributed by atoms with van der Waals surface area (Å²) in [6.07, 6.45) is 3.21. The van der Waals surface area contributed by atoms with Gasteiger partial charge in [-0.25, -0.2) is 0 Å². The summed E-state index contributed by atoms with van der Waals surface area (Å²) in [6.45, 7) is 0. The minimum Gasteiger partial charge on any atom is -0.504 e. The highest BCUT2D eigenvalue weighted by Gasteiger charge is 2.34. The van der Waals surface area contributed by atoms with Crippen LogP contribution in [0.1, 0.15) is 24.8 Å². The van der Waals surface area contributed by atoms with Gasteiger partial charge in [0, 0.05) is 5.54 Å². The second-order valence-corrected chi connectivity index (χ2v) is 3.90. The maximum atomic E-state index is 9.43. The van der Waals surface area contributed by atoms with Crippen molar-refractivity contribution in [3.8, 4) is 11.5 Å². The topological polar surface area (TPSA) is 55.5 Å². The van der Waals surface area contributed by atoms with Crippen LogP contribution >= 0.6 is 0 Å². The summed E-state index contributed by atoms with van der Waals surface area (Å²) < 4.78 is 5.04. The Morgan fingerprint density at radius 1 is 1.43 bits per heavy atom. The maximum Gasteiger partial charge on any atom is 0.160 e. The van der Waals surface area contributed by atoms with Gasteiger partial charge in [0.25, 0.3) is 0 Å². The van der Waals surface area contributed by atoms with Gasteiger partial charge in [0.15, 0.2) is 11.5 Å². The highest BCUT2D eigenvalue weighted by atomic mass is 16.5. The van der Waals surface area contributed by atoms with Crippen molar-refractivity contribution in [2.24, 2.45) is 5.73 Å². The molecule has 76 valence electrons. The summed E-state index contributed by atoms with van der Waals surface area (Å²) in [5.41, 5.74) is 7.02. The number of phenolic OH excluding ortho intramolecular Hbond substituents is 1. The van der Waals surface area contributed by atoms with Gasteiger partial charge in [-0.1, -0.05) is 6.07 Å². The third kappa shape index (κ3) is 1.34. The summed E-state index contributed by atoms with van der Waals surface area (Å²) >= 11 is 0. The largest absolute Gasteiger partial charge is 0.504 e. The van der Waals surface area contributed by atoms with Gasteiger partial charge in [0.2, 0.25) is 0 Å². The molecule has 0 amide bonds. The fourth-order valence-corrected chi connectivity index (χ4v) is 1.83. The van der Waals surface area contributed by atoms with Gasteiger partial charge in [-0.05, 0) is 37.0 Å². The number of ether oxygens (including phenoxy) is 1. The first-order valence-corrected chi connectivity index (χ1v) is 4.82. The molecule has 0 bridgehead atoms. The Labute approximate surface area is 83.5 Å². The van der Waals surface area contributed by atoms with Crippen LogP contribution in [0.2, 0.25) is 0 Å². The Morgan fingerprint density at radius 2 is 2.14 bits per heavy atom. The molecule has 3 heteroatoms. The van der Waals surface area contributed by atoms with E-state index in [0.29, 0.717) is 5.75 Å². The van der Waals surface area contributed by atoms with Gasteiger partial charge in [-0.2, -0.15) is 0 Å². The second-order valence-electron chi connectivity index (χ2n) is 3.90. The van der Waals surface area contributed by atoms with Crippen molar-refractivity contribution in [2.45, 2.75) is 24.8 Å². The minimum absolute atomic E-state index is 0.166. The molecule has 1 aromatic carbocycles. The summed E-state index contributed by atoms with van der Waals surface area (Å²) in [7, 11) is 1.54. The number of phenols is 1. The lowest BCUT2D eigenvalue weighted by atomic mass is 9.73. The van der Waals surface area contributed by atoms with E-state index in [0.717, 1.165) is 18.4 Å². The molecule has 0 unspecified atom stereocenters. The molecular weight excluding hydrogens is 178 g/mol. The van der Waals surface area contributed by atoms with Crippen molar-refractivity contribution < 1.29 is 9.84 Å². The molecule has 0 saturated heterocycles. The zero-order valence-corrected chi connectivity index (χ0v) is 8.29. The molecule has 0 radical (unpaired) electrons. The van der Waals surface area contributed by atoms with Crippen molar-refractivity contribution in [2.75, 3.05) is 7.11 Å². The molecular formula is C11H15NO2. The fraction of sp³-hybridized carbons (Fsp3) is 0.455. The molecule has 1 fully saturated rings. The van der Waals surface area contributed by atoms with E-state index in [-0.39, 0.29) is 11.3 Å². The minimum atomic E-state index is -0.193. The lowest BCUT2D eigenvalue weighted by Crippen LogP contribution is -2.43. The van der Waals surface area contributed by atoms with E-state index in [1.54, 1.807) is 13.2 Å². The van der Waals surface area contributed by atoms with E-state index >= 15 is 0 Å². The average Bonchev–Trinajstić information content (AvgIpc) is 2.15. The summed E-state index contributed by atoms with van der Waals surface area (Å²) in [5, 5.41) is 9.43. The molecule has 0 atom stereocenters. The van der Waals surface area contributed by atoms with Crippen LogP contribution in [0.15, 0.2) is 18.2 Å². The molecule has 3 N–H and O–H groups in total.